The van der Waals surface area contributed by atoms with Crippen molar-refractivity contribution in [2.45, 2.75) is 57.5 Å². The zero-order valence-corrected chi connectivity index (χ0v) is 16.4. The van der Waals surface area contributed by atoms with Crippen molar-refractivity contribution in [3.05, 3.63) is 52.8 Å². The molecule has 0 unspecified atom stereocenters. The van der Waals surface area contributed by atoms with E-state index < -0.39 is 0 Å². The van der Waals surface area contributed by atoms with Crippen LogP contribution in [0.25, 0.3) is 0 Å². The lowest BCUT2D eigenvalue weighted by Crippen LogP contribution is -2.48. The highest BCUT2D eigenvalue weighted by molar-refractivity contribution is 5.87. The number of aliphatic imine (C=N–C) groups is 1. The molecule has 0 spiro atoms. The first-order valence-corrected chi connectivity index (χ1v) is 10.5. The summed E-state index contributed by atoms with van der Waals surface area (Å²) in [6.07, 6.45) is 11.7. The van der Waals surface area contributed by atoms with Crippen LogP contribution in [-0.4, -0.2) is 21.4 Å². The van der Waals surface area contributed by atoms with Gasteiger partial charge in [0.1, 0.15) is 5.75 Å². The topological polar surface area (TPSA) is 65.7 Å². The van der Waals surface area contributed by atoms with E-state index in [1.807, 2.05) is 0 Å². The monoisotopic (exact) mass is 376 g/mol. The van der Waals surface area contributed by atoms with Crippen molar-refractivity contribution in [1.29, 1.82) is 0 Å². The number of aryl methyl sites for hydroxylation is 1. The molecule has 0 aliphatic heterocycles. The van der Waals surface area contributed by atoms with Crippen LogP contribution >= 0.6 is 0 Å². The number of aromatic nitrogens is 1. The molecule has 2 aromatic rings. The molecule has 146 valence electrons. The second kappa shape index (κ2) is 6.70. The SMILES string of the molecule is Cc1ncc(CO)c(C=Nc2ccc(C34CC5CC(CC(C5)C3)C4)cc2)c1O. The lowest BCUT2D eigenvalue weighted by atomic mass is 9.48. The van der Waals surface area contributed by atoms with Crippen molar-refractivity contribution in [2.24, 2.45) is 22.7 Å². The van der Waals surface area contributed by atoms with Crippen LogP contribution in [0.3, 0.4) is 0 Å². The van der Waals surface area contributed by atoms with E-state index >= 15 is 0 Å². The summed E-state index contributed by atoms with van der Waals surface area (Å²) in [5.41, 5.74) is 4.42. The Morgan fingerprint density at radius 2 is 1.68 bits per heavy atom. The van der Waals surface area contributed by atoms with Gasteiger partial charge in [-0.1, -0.05) is 12.1 Å². The van der Waals surface area contributed by atoms with Crippen molar-refractivity contribution in [2.75, 3.05) is 0 Å². The maximum Gasteiger partial charge on any atom is 0.145 e. The summed E-state index contributed by atoms with van der Waals surface area (Å²) in [5, 5.41) is 19.8. The largest absolute Gasteiger partial charge is 0.505 e. The Kier molecular flexibility index (Phi) is 4.27. The summed E-state index contributed by atoms with van der Waals surface area (Å²) < 4.78 is 0. The first kappa shape index (κ1) is 17.9. The quantitative estimate of drug-likeness (QED) is 0.753. The summed E-state index contributed by atoms with van der Waals surface area (Å²) in [4.78, 5) is 8.65. The van der Waals surface area contributed by atoms with Gasteiger partial charge in [-0.3, -0.25) is 9.98 Å². The van der Waals surface area contributed by atoms with Gasteiger partial charge in [0.2, 0.25) is 0 Å². The van der Waals surface area contributed by atoms with Gasteiger partial charge in [0.25, 0.3) is 0 Å². The lowest BCUT2D eigenvalue weighted by Gasteiger charge is -2.57. The lowest BCUT2D eigenvalue weighted by molar-refractivity contribution is -0.00518. The number of nitrogens with zero attached hydrogens (tertiary/aromatic N) is 2. The predicted octanol–water partition coefficient (Wildman–Crippen LogP) is 4.81. The number of aromatic hydroxyl groups is 1. The number of hydrogen-bond acceptors (Lipinski definition) is 4. The van der Waals surface area contributed by atoms with Crippen molar-refractivity contribution in [1.82, 2.24) is 4.98 Å². The Morgan fingerprint density at radius 3 is 2.25 bits per heavy atom. The Morgan fingerprint density at radius 1 is 1.07 bits per heavy atom. The van der Waals surface area contributed by atoms with Crippen LogP contribution in [0.5, 0.6) is 5.75 Å². The zero-order valence-electron chi connectivity index (χ0n) is 16.4. The van der Waals surface area contributed by atoms with E-state index in [2.05, 4.69) is 34.2 Å². The molecule has 4 aliphatic rings. The minimum absolute atomic E-state index is 0.0838. The molecule has 1 aromatic carbocycles. The minimum atomic E-state index is -0.173. The second-order valence-electron chi connectivity index (χ2n) is 9.29. The Bertz CT molecular complexity index is 882. The standard InChI is InChI=1S/C24H28N2O2/c1-15-23(28)22(19(14-27)12-25-15)13-26-21-4-2-20(3-5-21)24-9-16-6-17(10-24)8-18(7-16)11-24/h2-5,12-13,16-18,27-28H,6-11,14H2,1H3. The van der Waals surface area contributed by atoms with Crippen molar-refractivity contribution < 1.29 is 10.2 Å². The second-order valence-corrected chi connectivity index (χ2v) is 9.29. The van der Waals surface area contributed by atoms with Crippen molar-refractivity contribution in [3.8, 4) is 5.75 Å². The van der Waals surface area contributed by atoms with Gasteiger partial charge in [-0.25, -0.2) is 0 Å². The number of pyridine rings is 1. The van der Waals surface area contributed by atoms with Gasteiger partial charge in [0, 0.05) is 23.5 Å². The molecule has 6 rings (SSSR count). The summed E-state index contributed by atoms with van der Waals surface area (Å²) >= 11 is 0. The Balaban J connectivity index is 1.40. The Hall–Kier alpha value is -2.20. The number of hydrogen-bond donors (Lipinski definition) is 2. The first-order valence-electron chi connectivity index (χ1n) is 10.5. The van der Waals surface area contributed by atoms with E-state index in [-0.39, 0.29) is 12.4 Å². The smallest absolute Gasteiger partial charge is 0.145 e. The van der Waals surface area contributed by atoms with Gasteiger partial charge in [0.15, 0.2) is 0 Å². The third kappa shape index (κ3) is 2.95. The van der Waals surface area contributed by atoms with E-state index in [0.29, 0.717) is 22.2 Å². The summed E-state index contributed by atoms with van der Waals surface area (Å²) in [7, 11) is 0. The Labute approximate surface area is 166 Å². The number of aliphatic hydroxyl groups is 1. The van der Waals surface area contributed by atoms with Crippen LogP contribution in [0.2, 0.25) is 0 Å². The highest BCUT2D eigenvalue weighted by Crippen LogP contribution is 2.60. The van der Waals surface area contributed by atoms with E-state index in [0.717, 1.165) is 23.4 Å². The number of aliphatic hydroxyl groups excluding tert-OH is 1. The van der Waals surface area contributed by atoms with E-state index in [9.17, 15) is 10.2 Å². The van der Waals surface area contributed by atoms with Crippen LogP contribution in [0.4, 0.5) is 5.69 Å². The summed E-state index contributed by atoms with van der Waals surface area (Å²) in [5.74, 6) is 2.91. The molecule has 1 heterocycles. The van der Waals surface area contributed by atoms with Crippen LogP contribution in [0, 0.1) is 24.7 Å². The van der Waals surface area contributed by atoms with Gasteiger partial charge in [-0.15, -0.1) is 0 Å². The van der Waals surface area contributed by atoms with Crippen molar-refractivity contribution in [3.63, 3.8) is 0 Å². The van der Waals surface area contributed by atoms with Crippen molar-refractivity contribution >= 4 is 11.9 Å². The average Bonchev–Trinajstić information content (AvgIpc) is 2.68. The van der Waals surface area contributed by atoms with E-state index in [4.69, 9.17) is 0 Å². The molecule has 4 aliphatic carbocycles. The molecule has 28 heavy (non-hydrogen) atoms. The fourth-order valence-electron chi connectivity index (χ4n) is 6.43. The fourth-order valence-corrected chi connectivity index (χ4v) is 6.43. The summed E-state index contributed by atoms with van der Waals surface area (Å²) in [6.45, 7) is 1.57. The molecule has 0 atom stereocenters. The minimum Gasteiger partial charge on any atom is -0.505 e. The maximum atomic E-state index is 10.3. The van der Waals surface area contributed by atoms with Crippen LogP contribution < -0.4 is 0 Å². The van der Waals surface area contributed by atoms with Gasteiger partial charge >= 0.3 is 0 Å². The third-order valence-corrected chi connectivity index (χ3v) is 7.39. The molecular weight excluding hydrogens is 348 g/mol. The molecule has 0 radical (unpaired) electrons. The number of rotatable bonds is 4. The number of benzene rings is 1. The molecule has 4 nitrogen and oxygen atoms in total. The van der Waals surface area contributed by atoms with Gasteiger partial charge in [-0.2, -0.15) is 0 Å². The first-order chi connectivity index (χ1) is 13.6. The maximum absolute atomic E-state index is 10.3. The molecule has 2 N–H and O–H groups in total. The molecule has 4 heteroatoms. The van der Waals surface area contributed by atoms with Gasteiger partial charge in [-0.05, 0) is 86.3 Å². The van der Waals surface area contributed by atoms with E-state index in [1.165, 1.54) is 44.1 Å². The predicted molar refractivity (Wildman–Crippen MR) is 110 cm³/mol. The van der Waals surface area contributed by atoms with Crippen LogP contribution in [0.15, 0.2) is 35.5 Å². The normalized spacial score (nSPS) is 31.0. The molecule has 4 saturated carbocycles. The summed E-state index contributed by atoms with van der Waals surface area (Å²) in [6, 6.07) is 8.72. The third-order valence-electron chi connectivity index (χ3n) is 7.39. The molecule has 4 fully saturated rings. The molecule has 0 saturated heterocycles. The zero-order chi connectivity index (χ0) is 19.3. The van der Waals surface area contributed by atoms with Gasteiger partial charge in [0.05, 0.1) is 18.0 Å². The van der Waals surface area contributed by atoms with Gasteiger partial charge < -0.3 is 10.2 Å². The fraction of sp³-hybridized carbons (Fsp3) is 0.500. The molecule has 4 bridgehead atoms. The molecule has 0 amide bonds. The highest BCUT2D eigenvalue weighted by Gasteiger charge is 2.51. The van der Waals surface area contributed by atoms with E-state index in [1.54, 1.807) is 19.3 Å². The van der Waals surface area contributed by atoms with Crippen LogP contribution in [-0.2, 0) is 12.0 Å². The average molecular weight is 377 g/mol. The highest BCUT2D eigenvalue weighted by atomic mass is 16.3. The van der Waals surface area contributed by atoms with Crippen LogP contribution in [0.1, 0.15) is 60.9 Å². The molecule has 1 aromatic heterocycles. The molecular formula is C24H28N2O2.